The van der Waals surface area contributed by atoms with Crippen LogP contribution in [0.15, 0.2) is 36.7 Å². The van der Waals surface area contributed by atoms with Gasteiger partial charge in [-0.05, 0) is 37.0 Å². The summed E-state index contributed by atoms with van der Waals surface area (Å²) in [6.07, 6.45) is 6.29. The summed E-state index contributed by atoms with van der Waals surface area (Å²) in [5.74, 6) is 0.969. The van der Waals surface area contributed by atoms with Crippen LogP contribution < -0.4 is 4.74 Å². The average Bonchev–Trinajstić information content (AvgIpc) is 3.26. The van der Waals surface area contributed by atoms with E-state index in [1.165, 1.54) is 0 Å². The summed E-state index contributed by atoms with van der Waals surface area (Å²) in [7, 11) is 0. The van der Waals surface area contributed by atoms with Gasteiger partial charge >= 0.3 is 0 Å². The summed E-state index contributed by atoms with van der Waals surface area (Å²) in [6.45, 7) is 3.61. The topological polar surface area (TPSA) is 47.4 Å². The molecule has 1 saturated heterocycles. The molecular formula is C18H21N3O2. The molecule has 3 heterocycles. The normalized spacial score (nSPS) is 22.9. The zero-order chi connectivity index (χ0) is 15.8. The van der Waals surface area contributed by atoms with Crippen LogP contribution in [-0.2, 0) is 17.8 Å². The molecule has 0 radical (unpaired) electrons. The van der Waals surface area contributed by atoms with Crippen LogP contribution in [0.1, 0.15) is 24.0 Å². The molecule has 0 bridgehead atoms. The van der Waals surface area contributed by atoms with E-state index >= 15 is 0 Å². The number of aryl methyl sites for hydroxylation is 1. The van der Waals surface area contributed by atoms with Crippen molar-refractivity contribution < 1.29 is 9.53 Å². The van der Waals surface area contributed by atoms with E-state index < -0.39 is 0 Å². The maximum absolute atomic E-state index is 12.9. The molecule has 4 rings (SSSR count). The summed E-state index contributed by atoms with van der Waals surface area (Å²) in [5, 5.41) is 4.35. The fourth-order valence-electron chi connectivity index (χ4n) is 3.60. The van der Waals surface area contributed by atoms with E-state index in [0.29, 0.717) is 6.42 Å². The zero-order valence-corrected chi connectivity index (χ0v) is 13.3. The van der Waals surface area contributed by atoms with Crippen LogP contribution in [0.2, 0.25) is 0 Å². The van der Waals surface area contributed by atoms with Gasteiger partial charge in [0.15, 0.2) is 6.10 Å². The van der Waals surface area contributed by atoms with Gasteiger partial charge in [-0.1, -0.05) is 18.2 Å². The lowest BCUT2D eigenvalue weighted by Gasteiger charge is -2.27. The standard InChI is InChI=1S/C18H21N3O2/c1-13-10-19-20(11-13)12-15-6-4-8-21(15)18(22)17-9-14-5-2-3-7-16(14)23-17/h2-3,5,7,10-11,15,17H,4,6,8-9,12H2,1H3/t15-,17-/m0/s1. The van der Waals surface area contributed by atoms with Crippen LogP contribution in [0, 0.1) is 6.92 Å². The number of rotatable bonds is 3. The van der Waals surface area contributed by atoms with Crippen LogP contribution in [0.3, 0.4) is 0 Å². The molecule has 0 spiro atoms. The van der Waals surface area contributed by atoms with E-state index in [1.54, 1.807) is 0 Å². The Bertz CT molecular complexity index is 700. The number of hydrogen-bond donors (Lipinski definition) is 0. The Morgan fingerprint density at radius 2 is 2.26 bits per heavy atom. The van der Waals surface area contributed by atoms with Crippen LogP contribution in [0.4, 0.5) is 0 Å². The molecule has 1 aromatic heterocycles. The molecule has 2 aromatic rings. The molecule has 2 aliphatic heterocycles. The van der Waals surface area contributed by atoms with Gasteiger partial charge in [0.2, 0.25) is 0 Å². The SMILES string of the molecule is Cc1cnn(C[C@@H]2CCCN2C(=O)[C@@H]2Cc3ccccc3O2)c1. The molecule has 0 saturated carbocycles. The highest BCUT2D eigenvalue weighted by Gasteiger charge is 2.37. The van der Waals surface area contributed by atoms with Gasteiger partial charge in [-0.2, -0.15) is 5.10 Å². The third-order valence-corrected chi connectivity index (χ3v) is 4.74. The zero-order valence-electron chi connectivity index (χ0n) is 13.3. The number of carbonyl (C=O) groups excluding carboxylic acids is 1. The minimum Gasteiger partial charge on any atom is -0.480 e. The quantitative estimate of drug-likeness (QED) is 0.873. The van der Waals surface area contributed by atoms with Gasteiger partial charge < -0.3 is 9.64 Å². The average molecular weight is 311 g/mol. The van der Waals surface area contributed by atoms with Crippen LogP contribution >= 0.6 is 0 Å². The van der Waals surface area contributed by atoms with Crippen LogP contribution in [-0.4, -0.2) is 39.3 Å². The number of ether oxygens (including phenoxy) is 1. The van der Waals surface area contributed by atoms with Gasteiger partial charge in [-0.3, -0.25) is 9.48 Å². The van der Waals surface area contributed by atoms with E-state index in [0.717, 1.165) is 42.8 Å². The first-order valence-electron chi connectivity index (χ1n) is 8.25. The van der Waals surface area contributed by atoms with Crippen molar-refractivity contribution in [1.29, 1.82) is 0 Å². The lowest BCUT2D eigenvalue weighted by Crippen LogP contribution is -2.45. The first-order chi connectivity index (χ1) is 11.2. The van der Waals surface area contributed by atoms with Gasteiger partial charge in [0, 0.05) is 19.2 Å². The monoisotopic (exact) mass is 311 g/mol. The Morgan fingerprint density at radius 1 is 1.39 bits per heavy atom. The van der Waals surface area contributed by atoms with Crippen molar-refractivity contribution in [2.75, 3.05) is 6.54 Å². The Hall–Kier alpha value is -2.30. The molecular weight excluding hydrogens is 290 g/mol. The van der Waals surface area contributed by atoms with E-state index in [2.05, 4.69) is 5.10 Å². The second kappa shape index (κ2) is 5.72. The number of hydrogen-bond acceptors (Lipinski definition) is 3. The van der Waals surface area contributed by atoms with Crippen molar-refractivity contribution in [3.63, 3.8) is 0 Å². The Kier molecular flexibility index (Phi) is 3.56. The fraction of sp³-hybridized carbons (Fsp3) is 0.444. The minimum atomic E-state index is -0.368. The number of amides is 1. The van der Waals surface area contributed by atoms with Gasteiger partial charge in [-0.15, -0.1) is 0 Å². The predicted molar refractivity (Wildman–Crippen MR) is 86.3 cm³/mol. The molecule has 23 heavy (non-hydrogen) atoms. The smallest absolute Gasteiger partial charge is 0.264 e. The number of carbonyl (C=O) groups is 1. The van der Waals surface area contributed by atoms with Crippen molar-refractivity contribution in [3.05, 3.63) is 47.8 Å². The molecule has 1 fully saturated rings. The van der Waals surface area contributed by atoms with Crippen molar-refractivity contribution >= 4 is 5.91 Å². The first-order valence-corrected chi connectivity index (χ1v) is 8.25. The molecule has 120 valence electrons. The van der Waals surface area contributed by atoms with Gasteiger partial charge in [-0.25, -0.2) is 0 Å². The number of likely N-dealkylation sites (tertiary alicyclic amines) is 1. The molecule has 1 amide bonds. The lowest BCUT2D eigenvalue weighted by atomic mass is 10.1. The van der Waals surface area contributed by atoms with Gasteiger partial charge in [0.05, 0.1) is 18.8 Å². The summed E-state index contributed by atoms with van der Waals surface area (Å²) in [4.78, 5) is 14.9. The van der Waals surface area contributed by atoms with Crippen molar-refractivity contribution in [3.8, 4) is 5.75 Å². The highest BCUT2D eigenvalue weighted by molar-refractivity contribution is 5.83. The molecule has 1 aromatic carbocycles. The predicted octanol–water partition coefficient (Wildman–Crippen LogP) is 2.19. The van der Waals surface area contributed by atoms with E-state index in [9.17, 15) is 4.79 Å². The Morgan fingerprint density at radius 3 is 3.04 bits per heavy atom. The highest BCUT2D eigenvalue weighted by Crippen LogP contribution is 2.30. The van der Waals surface area contributed by atoms with Crippen LogP contribution in [0.5, 0.6) is 5.75 Å². The number of nitrogens with zero attached hydrogens (tertiary/aromatic N) is 3. The largest absolute Gasteiger partial charge is 0.480 e. The maximum atomic E-state index is 12.9. The number of benzene rings is 1. The summed E-state index contributed by atoms with van der Waals surface area (Å²) in [5.41, 5.74) is 2.28. The highest BCUT2D eigenvalue weighted by atomic mass is 16.5. The molecule has 5 nitrogen and oxygen atoms in total. The summed E-state index contributed by atoms with van der Waals surface area (Å²) < 4.78 is 7.81. The molecule has 2 aliphatic rings. The van der Waals surface area contributed by atoms with Crippen molar-refractivity contribution in [1.82, 2.24) is 14.7 Å². The molecule has 0 aliphatic carbocycles. The second-order valence-corrected chi connectivity index (χ2v) is 6.49. The van der Waals surface area contributed by atoms with E-state index in [4.69, 9.17) is 4.74 Å². The first kappa shape index (κ1) is 14.3. The summed E-state index contributed by atoms with van der Waals surface area (Å²) >= 11 is 0. The van der Waals surface area contributed by atoms with Gasteiger partial charge in [0.1, 0.15) is 5.75 Å². The second-order valence-electron chi connectivity index (χ2n) is 6.49. The maximum Gasteiger partial charge on any atom is 0.264 e. The molecule has 5 heteroatoms. The molecule has 2 atom stereocenters. The lowest BCUT2D eigenvalue weighted by molar-refractivity contribution is -0.139. The number of aromatic nitrogens is 2. The van der Waals surface area contributed by atoms with Crippen molar-refractivity contribution in [2.24, 2.45) is 0 Å². The van der Waals surface area contributed by atoms with Gasteiger partial charge in [0.25, 0.3) is 5.91 Å². The molecule has 0 unspecified atom stereocenters. The van der Waals surface area contributed by atoms with Crippen molar-refractivity contribution in [2.45, 2.75) is 44.9 Å². The Labute approximate surface area is 135 Å². The summed E-state index contributed by atoms with van der Waals surface area (Å²) in [6, 6.07) is 8.14. The minimum absolute atomic E-state index is 0.118. The Balaban J connectivity index is 1.45. The third-order valence-electron chi connectivity index (χ3n) is 4.74. The third kappa shape index (κ3) is 2.71. The number of fused-ring (bicyclic) bond motifs is 1. The van der Waals surface area contributed by atoms with Crippen LogP contribution in [0.25, 0.3) is 0 Å². The van der Waals surface area contributed by atoms with E-state index in [1.807, 2.05) is 53.2 Å². The molecule has 0 N–H and O–H groups in total. The fourth-order valence-corrected chi connectivity index (χ4v) is 3.60. The van der Waals surface area contributed by atoms with E-state index in [-0.39, 0.29) is 18.1 Å². The number of para-hydroxylation sites is 1.